The summed E-state index contributed by atoms with van der Waals surface area (Å²) in [7, 11) is 1.60. The molecular weight excluding hydrogens is 425 g/mol. The number of aliphatic carboxylic acids is 1. The molecule has 0 saturated carbocycles. The second-order valence-corrected chi connectivity index (χ2v) is 7.55. The third-order valence-corrected chi connectivity index (χ3v) is 5.35. The van der Waals surface area contributed by atoms with Gasteiger partial charge in [-0.2, -0.15) is 0 Å². The number of carboxylic acid groups (broad SMARTS) is 1. The van der Waals surface area contributed by atoms with Gasteiger partial charge in [-0.15, -0.1) is 0 Å². The Balaban J connectivity index is 1.74. The fourth-order valence-electron chi connectivity index (χ4n) is 3.72. The number of anilines is 1. The van der Waals surface area contributed by atoms with Crippen molar-refractivity contribution in [3.05, 3.63) is 60.7 Å². The minimum Gasteiger partial charge on any atom is -0.497 e. The lowest BCUT2D eigenvalue weighted by Crippen LogP contribution is -2.04. The summed E-state index contributed by atoms with van der Waals surface area (Å²) in [5.41, 5.74) is 2.18. The predicted molar refractivity (Wildman–Crippen MR) is 124 cm³/mol. The van der Waals surface area contributed by atoms with Crippen LogP contribution in [0, 0.1) is 5.82 Å². The number of nitrogens with one attached hydrogen (secondary N) is 1. The molecule has 2 heterocycles. The smallest absolute Gasteiger partial charge is 0.303 e. The minimum absolute atomic E-state index is 0.160. The number of methoxy groups -OCH3 is 1. The second-order valence-electron chi connectivity index (χ2n) is 7.55. The summed E-state index contributed by atoms with van der Waals surface area (Å²) < 4.78 is 26.1. The molecule has 2 aromatic heterocycles. The van der Waals surface area contributed by atoms with Crippen molar-refractivity contribution in [2.75, 3.05) is 19.0 Å². The van der Waals surface area contributed by atoms with Crippen LogP contribution in [-0.4, -0.2) is 34.7 Å². The van der Waals surface area contributed by atoms with Gasteiger partial charge in [0, 0.05) is 18.5 Å². The van der Waals surface area contributed by atoms with Gasteiger partial charge in [-0.25, -0.2) is 14.4 Å². The second kappa shape index (κ2) is 10.1. The number of unbranched alkanes of at least 4 members (excludes halogenated alkanes) is 2. The summed E-state index contributed by atoms with van der Waals surface area (Å²) in [5, 5.41) is 12.7. The van der Waals surface area contributed by atoms with Crippen LogP contribution in [0.4, 0.5) is 10.2 Å². The number of fused-ring (bicyclic) bond motifs is 1. The summed E-state index contributed by atoms with van der Waals surface area (Å²) in [6, 6.07) is 13.9. The first kappa shape index (κ1) is 22.3. The maximum atomic E-state index is 14.7. The van der Waals surface area contributed by atoms with Crippen LogP contribution < -0.4 is 10.1 Å². The van der Waals surface area contributed by atoms with Crippen LogP contribution in [0.2, 0.25) is 0 Å². The van der Waals surface area contributed by atoms with Crippen molar-refractivity contribution in [3.63, 3.8) is 0 Å². The van der Waals surface area contributed by atoms with Gasteiger partial charge in [0.25, 0.3) is 0 Å². The van der Waals surface area contributed by atoms with E-state index in [9.17, 15) is 9.18 Å². The molecule has 0 unspecified atom stereocenters. The van der Waals surface area contributed by atoms with Gasteiger partial charge >= 0.3 is 5.97 Å². The van der Waals surface area contributed by atoms with Crippen LogP contribution in [0.5, 0.6) is 5.75 Å². The topological polar surface area (TPSA) is 97.5 Å². The van der Waals surface area contributed by atoms with Gasteiger partial charge in [0.05, 0.1) is 18.1 Å². The van der Waals surface area contributed by atoms with Gasteiger partial charge in [0.15, 0.2) is 0 Å². The number of furan rings is 1. The van der Waals surface area contributed by atoms with Crippen LogP contribution in [0.15, 0.2) is 59.3 Å². The van der Waals surface area contributed by atoms with Crippen LogP contribution in [0.3, 0.4) is 0 Å². The molecule has 2 N–H and O–H groups in total. The van der Waals surface area contributed by atoms with Crippen molar-refractivity contribution in [1.82, 2.24) is 9.97 Å². The number of ether oxygens (including phenoxy) is 1. The molecule has 0 fully saturated rings. The van der Waals surface area contributed by atoms with Crippen molar-refractivity contribution in [1.29, 1.82) is 0 Å². The molecule has 4 rings (SSSR count). The molecule has 0 amide bonds. The molecule has 0 aliphatic carbocycles. The zero-order valence-corrected chi connectivity index (χ0v) is 18.2. The number of aromatic nitrogens is 2. The molecule has 8 heteroatoms. The van der Waals surface area contributed by atoms with E-state index in [0.717, 1.165) is 18.4 Å². The van der Waals surface area contributed by atoms with Crippen LogP contribution in [0.25, 0.3) is 33.6 Å². The Morgan fingerprint density at radius 1 is 1.09 bits per heavy atom. The Kier molecular flexibility index (Phi) is 6.83. The summed E-state index contributed by atoms with van der Waals surface area (Å²) in [6.45, 7) is 0.605. The molecule has 2 aromatic carbocycles. The Morgan fingerprint density at radius 3 is 2.61 bits per heavy atom. The number of rotatable bonds is 10. The average molecular weight is 449 g/mol. The van der Waals surface area contributed by atoms with E-state index in [0.29, 0.717) is 52.5 Å². The third-order valence-electron chi connectivity index (χ3n) is 5.35. The van der Waals surface area contributed by atoms with E-state index in [1.54, 1.807) is 25.3 Å². The van der Waals surface area contributed by atoms with Crippen molar-refractivity contribution >= 4 is 22.9 Å². The number of hydrogen-bond acceptors (Lipinski definition) is 6. The number of hydrogen-bond donors (Lipinski definition) is 2. The van der Waals surface area contributed by atoms with Gasteiger partial charge < -0.3 is 19.6 Å². The number of carbonyl (C=O) groups is 1. The zero-order valence-electron chi connectivity index (χ0n) is 18.2. The van der Waals surface area contributed by atoms with Gasteiger partial charge in [-0.05, 0) is 42.7 Å². The first-order valence-electron chi connectivity index (χ1n) is 10.7. The lowest BCUT2D eigenvalue weighted by atomic mass is 9.99. The van der Waals surface area contributed by atoms with Gasteiger partial charge in [0.2, 0.25) is 5.71 Å². The number of benzene rings is 2. The first-order valence-corrected chi connectivity index (χ1v) is 10.7. The highest BCUT2D eigenvalue weighted by molar-refractivity contribution is 6.05. The Labute approximate surface area is 190 Å². The minimum atomic E-state index is -0.788. The van der Waals surface area contributed by atoms with Crippen molar-refractivity contribution in [2.24, 2.45) is 0 Å². The van der Waals surface area contributed by atoms with E-state index in [-0.39, 0.29) is 6.42 Å². The van der Waals surface area contributed by atoms with Gasteiger partial charge in [-0.1, -0.05) is 30.7 Å². The SMILES string of the molecule is COc1ccc(-c2c(-c3ccccc3F)oc3ncnc(NCCCCCC(=O)O)c23)cc1. The van der Waals surface area contributed by atoms with Crippen molar-refractivity contribution in [3.8, 4) is 28.2 Å². The first-order chi connectivity index (χ1) is 16.1. The molecule has 0 aliphatic rings. The summed E-state index contributed by atoms with van der Waals surface area (Å²) in [5.74, 6) is 0.472. The highest BCUT2D eigenvalue weighted by atomic mass is 19.1. The molecular formula is C25H24FN3O4. The fraction of sp³-hybridized carbons (Fsp3) is 0.240. The van der Waals surface area contributed by atoms with E-state index in [2.05, 4.69) is 15.3 Å². The van der Waals surface area contributed by atoms with E-state index >= 15 is 0 Å². The van der Waals surface area contributed by atoms with Crippen LogP contribution in [-0.2, 0) is 4.79 Å². The van der Waals surface area contributed by atoms with Crippen LogP contribution in [0.1, 0.15) is 25.7 Å². The standard InChI is InChI=1S/C25H24FN3O4/c1-32-17-12-10-16(11-13-17)21-22-24(27-14-6-2-3-9-20(30)31)28-15-29-25(22)33-23(21)18-7-4-5-8-19(18)26/h4-5,7-8,10-13,15H,2-3,6,9,14H2,1H3,(H,30,31)(H,27,28,29). The quantitative estimate of drug-likeness (QED) is 0.297. The Hall–Kier alpha value is -3.94. The molecule has 0 spiro atoms. The molecule has 170 valence electrons. The molecule has 0 atom stereocenters. The van der Waals surface area contributed by atoms with Gasteiger partial charge in [-0.3, -0.25) is 4.79 Å². The third kappa shape index (κ3) is 4.95. The summed E-state index contributed by atoms with van der Waals surface area (Å²) in [4.78, 5) is 19.4. The number of carboxylic acids is 1. The molecule has 0 radical (unpaired) electrons. The van der Waals surface area contributed by atoms with E-state index in [1.165, 1.54) is 12.4 Å². The van der Waals surface area contributed by atoms with Crippen molar-refractivity contribution in [2.45, 2.75) is 25.7 Å². The zero-order chi connectivity index (χ0) is 23.2. The number of nitrogens with zero attached hydrogens (tertiary/aromatic N) is 2. The highest BCUT2D eigenvalue weighted by Crippen LogP contribution is 2.43. The molecule has 33 heavy (non-hydrogen) atoms. The van der Waals surface area contributed by atoms with E-state index < -0.39 is 11.8 Å². The molecule has 0 aliphatic heterocycles. The molecule has 0 bridgehead atoms. The highest BCUT2D eigenvalue weighted by Gasteiger charge is 2.23. The monoisotopic (exact) mass is 449 g/mol. The van der Waals surface area contributed by atoms with Gasteiger partial charge in [0.1, 0.15) is 29.5 Å². The number of halogens is 1. The lowest BCUT2D eigenvalue weighted by molar-refractivity contribution is -0.137. The Morgan fingerprint density at radius 2 is 1.88 bits per heavy atom. The predicted octanol–water partition coefficient (Wildman–Crippen LogP) is 5.76. The van der Waals surface area contributed by atoms with E-state index in [1.807, 2.05) is 24.3 Å². The van der Waals surface area contributed by atoms with E-state index in [4.69, 9.17) is 14.3 Å². The fourth-order valence-corrected chi connectivity index (χ4v) is 3.72. The Bertz CT molecular complexity index is 1250. The maximum Gasteiger partial charge on any atom is 0.303 e. The molecule has 4 aromatic rings. The van der Waals surface area contributed by atoms with Crippen molar-refractivity contribution < 1.29 is 23.4 Å². The normalized spacial score (nSPS) is 11.0. The lowest BCUT2D eigenvalue weighted by Gasteiger charge is -2.09. The van der Waals surface area contributed by atoms with Crippen LogP contribution >= 0.6 is 0 Å². The average Bonchev–Trinajstić information content (AvgIpc) is 3.21. The maximum absolute atomic E-state index is 14.7. The summed E-state index contributed by atoms with van der Waals surface area (Å²) >= 11 is 0. The largest absolute Gasteiger partial charge is 0.497 e. The molecule has 7 nitrogen and oxygen atoms in total. The molecule has 0 saturated heterocycles. The summed E-state index contributed by atoms with van der Waals surface area (Å²) in [6.07, 6.45) is 3.75.